The fourth-order valence-corrected chi connectivity index (χ4v) is 2.93. The molecule has 0 aliphatic carbocycles. The summed E-state index contributed by atoms with van der Waals surface area (Å²) in [5, 5.41) is 3.48. The van der Waals surface area contributed by atoms with E-state index >= 15 is 0 Å². The molecule has 1 aliphatic rings. The molecular formula is C18H31IN4O. The topological polar surface area (TPSA) is 40.1 Å². The van der Waals surface area contributed by atoms with E-state index in [2.05, 4.69) is 65.4 Å². The van der Waals surface area contributed by atoms with Crippen molar-refractivity contribution >= 4 is 35.6 Å². The third kappa shape index (κ3) is 6.12. The van der Waals surface area contributed by atoms with Crippen LogP contribution in [0.2, 0.25) is 0 Å². The number of rotatable bonds is 5. The maximum atomic E-state index is 5.72. The molecule has 0 radical (unpaired) electrons. The van der Waals surface area contributed by atoms with E-state index in [1.54, 1.807) is 0 Å². The Hall–Kier alpha value is -1.02. The van der Waals surface area contributed by atoms with Crippen molar-refractivity contribution in [1.82, 2.24) is 10.2 Å². The Bertz CT molecular complexity index is 513. The second kappa shape index (κ2) is 10.8. The molecule has 0 aromatic heterocycles. The quantitative estimate of drug-likeness (QED) is 0.429. The number of benzene rings is 1. The van der Waals surface area contributed by atoms with Crippen molar-refractivity contribution in [2.24, 2.45) is 4.99 Å². The van der Waals surface area contributed by atoms with Crippen molar-refractivity contribution in [3.05, 3.63) is 29.8 Å². The number of hydrogen-bond donors (Lipinski definition) is 1. The minimum Gasteiger partial charge on any atom is -0.378 e. The van der Waals surface area contributed by atoms with Gasteiger partial charge in [-0.25, -0.2) is 0 Å². The second-order valence-corrected chi connectivity index (χ2v) is 6.11. The van der Waals surface area contributed by atoms with Crippen molar-refractivity contribution in [1.29, 1.82) is 0 Å². The SMILES string of the molecule is CCOC1CCN(C(=NC)NCc2cccc(N(C)C)c2)CC1.I. The monoisotopic (exact) mass is 446 g/mol. The number of nitrogens with zero attached hydrogens (tertiary/aromatic N) is 3. The third-order valence-corrected chi connectivity index (χ3v) is 4.23. The number of halogens is 1. The number of aliphatic imine (C=N–C) groups is 1. The summed E-state index contributed by atoms with van der Waals surface area (Å²) in [5.41, 5.74) is 2.48. The maximum Gasteiger partial charge on any atom is 0.193 e. The van der Waals surface area contributed by atoms with Gasteiger partial charge in [-0.3, -0.25) is 4.99 Å². The van der Waals surface area contributed by atoms with E-state index in [9.17, 15) is 0 Å². The van der Waals surface area contributed by atoms with Crippen molar-refractivity contribution in [2.45, 2.75) is 32.4 Å². The van der Waals surface area contributed by atoms with Gasteiger partial charge in [-0.1, -0.05) is 12.1 Å². The zero-order chi connectivity index (χ0) is 16.7. The molecule has 1 heterocycles. The Morgan fingerprint density at radius 3 is 2.62 bits per heavy atom. The van der Waals surface area contributed by atoms with Gasteiger partial charge >= 0.3 is 0 Å². The lowest BCUT2D eigenvalue weighted by atomic mass is 10.1. The van der Waals surface area contributed by atoms with Crippen LogP contribution in [-0.4, -0.2) is 57.8 Å². The van der Waals surface area contributed by atoms with Gasteiger partial charge in [0.1, 0.15) is 0 Å². The average molecular weight is 446 g/mol. The van der Waals surface area contributed by atoms with Crippen molar-refractivity contribution < 1.29 is 4.74 Å². The number of piperidine rings is 1. The summed E-state index contributed by atoms with van der Waals surface area (Å²) >= 11 is 0. The van der Waals surface area contributed by atoms with E-state index in [0.29, 0.717) is 6.10 Å². The van der Waals surface area contributed by atoms with Crippen LogP contribution in [0.4, 0.5) is 5.69 Å². The lowest BCUT2D eigenvalue weighted by Crippen LogP contribution is -2.46. The number of guanidine groups is 1. The zero-order valence-corrected chi connectivity index (χ0v) is 17.6. The Balaban J connectivity index is 0.00000288. The van der Waals surface area contributed by atoms with Gasteiger partial charge in [-0.05, 0) is 37.5 Å². The predicted octanol–water partition coefficient (Wildman–Crippen LogP) is 2.95. The maximum absolute atomic E-state index is 5.72. The Labute approximate surface area is 163 Å². The Kier molecular flexibility index (Phi) is 9.43. The van der Waals surface area contributed by atoms with E-state index in [-0.39, 0.29) is 24.0 Å². The molecule has 0 unspecified atom stereocenters. The van der Waals surface area contributed by atoms with Crippen LogP contribution in [0.25, 0.3) is 0 Å². The minimum atomic E-state index is 0. The minimum absolute atomic E-state index is 0. The average Bonchev–Trinajstić information content (AvgIpc) is 2.57. The molecule has 0 spiro atoms. The van der Waals surface area contributed by atoms with Gasteiger partial charge in [-0.15, -0.1) is 24.0 Å². The fraction of sp³-hybridized carbons (Fsp3) is 0.611. The first-order valence-corrected chi connectivity index (χ1v) is 8.47. The number of ether oxygens (including phenoxy) is 1. The van der Waals surface area contributed by atoms with Crippen molar-refractivity contribution in [2.75, 3.05) is 45.7 Å². The molecule has 1 fully saturated rings. The van der Waals surface area contributed by atoms with Crippen LogP contribution in [-0.2, 0) is 11.3 Å². The van der Waals surface area contributed by atoms with Crippen LogP contribution in [0.5, 0.6) is 0 Å². The van der Waals surface area contributed by atoms with Crippen LogP contribution in [0.1, 0.15) is 25.3 Å². The van der Waals surface area contributed by atoms with Gasteiger partial charge < -0.3 is 19.9 Å². The summed E-state index contributed by atoms with van der Waals surface area (Å²) < 4.78 is 5.72. The van der Waals surface area contributed by atoms with Gasteiger partial charge in [0.25, 0.3) is 0 Å². The highest BCUT2D eigenvalue weighted by atomic mass is 127. The van der Waals surface area contributed by atoms with Crippen LogP contribution < -0.4 is 10.2 Å². The number of hydrogen-bond acceptors (Lipinski definition) is 3. The third-order valence-electron chi connectivity index (χ3n) is 4.23. The molecule has 24 heavy (non-hydrogen) atoms. The standard InChI is InChI=1S/C18H30N4O.HI/c1-5-23-17-9-11-22(12-10-17)18(19-2)20-14-15-7-6-8-16(13-15)21(3)4;/h6-8,13,17H,5,9-12,14H2,1-4H3,(H,19,20);1H. The summed E-state index contributed by atoms with van der Waals surface area (Å²) in [6.07, 6.45) is 2.56. The first-order chi connectivity index (χ1) is 11.1. The van der Waals surface area contributed by atoms with Gasteiger partial charge in [0.2, 0.25) is 0 Å². The molecule has 0 bridgehead atoms. The number of anilines is 1. The summed E-state index contributed by atoms with van der Waals surface area (Å²) in [6, 6.07) is 8.58. The van der Waals surface area contributed by atoms with Gasteiger partial charge in [-0.2, -0.15) is 0 Å². The predicted molar refractivity (Wildman–Crippen MR) is 113 cm³/mol. The van der Waals surface area contributed by atoms with E-state index in [0.717, 1.165) is 45.0 Å². The Morgan fingerprint density at radius 2 is 2.04 bits per heavy atom. The molecule has 5 nitrogen and oxygen atoms in total. The van der Waals surface area contributed by atoms with Crippen LogP contribution >= 0.6 is 24.0 Å². The molecule has 0 amide bonds. The molecule has 1 N–H and O–H groups in total. The number of likely N-dealkylation sites (tertiary alicyclic amines) is 1. The van der Waals surface area contributed by atoms with Crippen LogP contribution in [0.3, 0.4) is 0 Å². The zero-order valence-electron chi connectivity index (χ0n) is 15.3. The normalized spacial score (nSPS) is 15.8. The largest absolute Gasteiger partial charge is 0.378 e. The summed E-state index contributed by atoms with van der Waals surface area (Å²) in [7, 11) is 5.98. The van der Waals surface area contributed by atoms with Gasteiger partial charge in [0, 0.05) is 53.1 Å². The molecule has 2 rings (SSSR count). The van der Waals surface area contributed by atoms with Crippen molar-refractivity contribution in [3.63, 3.8) is 0 Å². The Morgan fingerprint density at radius 1 is 1.33 bits per heavy atom. The van der Waals surface area contributed by atoms with E-state index < -0.39 is 0 Å². The molecule has 6 heteroatoms. The highest BCUT2D eigenvalue weighted by molar-refractivity contribution is 14.0. The molecule has 1 aromatic rings. The number of nitrogens with one attached hydrogen (secondary N) is 1. The highest BCUT2D eigenvalue weighted by Crippen LogP contribution is 2.15. The van der Waals surface area contributed by atoms with E-state index in [1.807, 2.05) is 7.05 Å². The molecule has 0 atom stereocenters. The molecule has 136 valence electrons. The molecule has 1 aromatic carbocycles. The second-order valence-electron chi connectivity index (χ2n) is 6.11. The molecule has 1 aliphatic heterocycles. The molecule has 0 saturated carbocycles. The summed E-state index contributed by atoms with van der Waals surface area (Å²) in [5.74, 6) is 0.982. The van der Waals surface area contributed by atoms with E-state index in [1.165, 1.54) is 11.3 Å². The summed E-state index contributed by atoms with van der Waals surface area (Å²) in [6.45, 7) is 5.67. The summed E-state index contributed by atoms with van der Waals surface area (Å²) in [4.78, 5) is 8.88. The first-order valence-electron chi connectivity index (χ1n) is 8.47. The van der Waals surface area contributed by atoms with Gasteiger partial charge in [0.15, 0.2) is 5.96 Å². The molecular weight excluding hydrogens is 415 g/mol. The lowest BCUT2D eigenvalue weighted by molar-refractivity contribution is 0.0263. The smallest absolute Gasteiger partial charge is 0.193 e. The van der Waals surface area contributed by atoms with Gasteiger partial charge in [0.05, 0.1) is 6.10 Å². The van der Waals surface area contributed by atoms with Crippen LogP contribution in [0, 0.1) is 0 Å². The highest BCUT2D eigenvalue weighted by Gasteiger charge is 2.21. The lowest BCUT2D eigenvalue weighted by Gasteiger charge is -2.34. The molecule has 1 saturated heterocycles. The fourth-order valence-electron chi connectivity index (χ4n) is 2.93. The first kappa shape index (κ1) is 21.0. The van der Waals surface area contributed by atoms with Crippen LogP contribution in [0.15, 0.2) is 29.3 Å². The van der Waals surface area contributed by atoms with Crippen molar-refractivity contribution in [3.8, 4) is 0 Å². The van der Waals surface area contributed by atoms with E-state index in [4.69, 9.17) is 4.74 Å².